The topological polar surface area (TPSA) is 78.9 Å². The van der Waals surface area contributed by atoms with Gasteiger partial charge in [-0.05, 0) is 72.7 Å². The lowest BCUT2D eigenvalue weighted by Gasteiger charge is -2.35. The molecular formula is C29H37ClN2O4S. The summed E-state index contributed by atoms with van der Waals surface area (Å²) in [5.74, 6) is 0.625. The maximum absolute atomic E-state index is 12.1. The molecule has 6 nitrogen and oxygen atoms in total. The lowest BCUT2D eigenvalue weighted by Crippen LogP contribution is -2.40. The third-order valence-electron chi connectivity index (χ3n) is 7.21. The number of aryl methyl sites for hydroxylation is 1. The van der Waals surface area contributed by atoms with Crippen LogP contribution in [-0.2, 0) is 42.4 Å². The zero-order valence-electron chi connectivity index (χ0n) is 22.0. The summed E-state index contributed by atoms with van der Waals surface area (Å²) in [5, 5.41) is 13.0. The third kappa shape index (κ3) is 6.85. The lowest BCUT2D eigenvalue weighted by molar-refractivity contribution is 0.109. The molecule has 0 aromatic heterocycles. The predicted octanol–water partition coefficient (Wildman–Crippen LogP) is 5.24. The highest BCUT2D eigenvalue weighted by atomic mass is 35.5. The Hall–Kier alpha value is -2.58. The number of aromatic hydroxyl groups is 1. The Morgan fingerprint density at radius 2 is 1.62 bits per heavy atom. The second-order valence-electron chi connectivity index (χ2n) is 10.2. The summed E-state index contributed by atoms with van der Waals surface area (Å²) in [4.78, 5) is 2.78. The fourth-order valence-corrected chi connectivity index (χ4v) is 5.86. The third-order valence-corrected chi connectivity index (χ3v) is 8.40. The fourth-order valence-electron chi connectivity index (χ4n) is 4.89. The summed E-state index contributed by atoms with van der Waals surface area (Å²) in [7, 11) is -1.68. The molecule has 0 atom stereocenters. The van der Waals surface area contributed by atoms with E-state index in [1.165, 1.54) is 17.4 Å². The Kier molecular flexibility index (Phi) is 9.29. The number of sulfone groups is 1. The number of phenols is 1. The molecule has 200 valence electrons. The van der Waals surface area contributed by atoms with Crippen LogP contribution in [0.15, 0.2) is 65.6 Å². The predicted molar refractivity (Wildman–Crippen MR) is 150 cm³/mol. The van der Waals surface area contributed by atoms with Crippen molar-refractivity contribution >= 4 is 22.2 Å². The van der Waals surface area contributed by atoms with Gasteiger partial charge < -0.3 is 15.2 Å². The van der Waals surface area contributed by atoms with Crippen LogP contribution in [0.1, 0.15) is 48.1 Å². The molecule has 0 saturated heterocycles. The smallest absolute Gasteiger partial charge is 0.175 e. The van der Waals surface area contributed by atoms with Crippen molar-refractivity contribution in [2.45, 2.75) is 63.3 Å². The maximum Gasteiger partial charge on any atom is 0.175 e. The quantitative estimate of drug-likeness (QED) is 0.441. The molecule has 3 aromatic rings. The zero-order chi connectivity index (χ0) is 25.9. The molecule has 0 saturated carbocycles. The van der Waals surface area contributed by atoms with E-state index in [0.29, 0.717) is 17.2 Å². The average Bonchev–Trinajstić information content (AvgIpc) is 3.50. The molecule has 0 fully saturated rings. The van der Waals surface area contributed by atoms with E-state index < -0.39 is 9.84 Å². The van der Waals surface area contributed by atoms with Crippen molar-refractivity contribution in [3.8, 4) is 11.5 Å². The van der Waals surface area contributed by atoms with E-state index in [1.54, 1.807) is 19.2 Å². The van der Waals surface area contributed by atoms with Crippen LogP contribution < -0.4 is 10.1 Å². The number of phenolic OH excluding ortho intramolecular Hbond substituents is 1. The highest BCUT2D eigenvalue weighted by Crippen LogP contribution is 2.35. The second-order valence-corrected chi connectivity index (χ2v) is 12.2. The summed E-state index contributed by atoms with van der Waals surface area (Å²) >= 11 is 0. The Morgan fingerprint density at radius 3 is 2.24 bits per heavy atom. The molecule has 2 aliphatic heterocycles. The largest absolute Gasteiger partial charge is 0.504 e. The summed E-state index contributed by atoms with van der Waals surface area (Å²) in [6, 6.07) is 19.5. The molecule has 2 heterocycles. The molecule has 0 amide bonds. The van der Waals surface area contributed by atoms with Gasteiger partial charge in [-0.1, -0.05) is 42.5 Å². The van der Waals surface area contributed by atoms with Crippen molar-refractivity contribution in [1.29, 1.82) is 0 Å². The molecule has 8 heteroatoms. The van der Waals surface area contributed by atoms with E-state index in [-0.39, 0.29) is 23.7 Å². The summed E-state index contributed by atoms with van der Waals surface area (Å²) in [6.07, 6.45) is 3.02. The van der Waals surface area contributed by atoms with Gasteiger partial charge >= 0.3 is 0 Å². The van der Waals surface area contributed by atoms with Crippen molar-refractivity contribution < 1.29 is 18.3 Å². The number of nitrogens with one attached hydrogen (secondary N) is 1. The average molecular weight is 545 g/mol. The van der Waals surface area contributed by atoms with Gasteiger partial charge in [0.15, 0.2) is 21.3 Å². The van der Waals surface area contributed by atoms with E-state index >= 15 is 0 Å². The first-order valence-corrected chi connectivity index (χ1v) is 14.2. The normalized spacial score (nSPS) is 14.7. The Balaban J connectivity index is 0.000000318. The first-order chi connectivity index (χ1) is 17.1. The number of benzene rings is 3. The van der Waals surface area contributed by atoms with Gasteiger partial charge in [-0.15, -0.1) is 12.4 Å². The van der Waals surface area contributed by atoms with Crippen LogP contribution >= 0.6 is 12.4 Å². The van der Waals surface area contributed by atoms with Crippen molar-refractivity contribution in [2.24, 2.45) is 0 Å². The Bertz CT molecular complexity index is 1320. The maximum atomic E-state index is 12.1. The van der Waals surface area contributed by atoms with E-state index in [0.717, 1.165) is 49.2 Å². The van der Waals surface area contributed by atoms with Crippen molar-refractivity contribution in [3.63, 3.8) is 0 Å². The monoisotopic (exact) mass is 544 g/mol. The first-order valence-electron chi connectivity index (χ1n) is 12.3. The molecule has 3 aromatic carbocycles. The number of halogens is 1. The number of ether oxygens (including phenoxy) is 1. The summed E-state index contributed by atoms with van der Waals surface area (Å²) < 4.78 is 29.4. The van der Waals surface area contributed by atoms with Gasteiger partial charge in [0.2, 0.25) is 0 Å². The number of fused-ring (bicyclic) bond motifs is 2. The van der Waals surface area contributed by atoms with Gasteiger partial charge in [0, 0.05) is 38.0 Å². The molecule has 5 rings (SSSR count). The number of nitrogens with zero attached hydrogens (tertiary/aromatic N) is 1. The van der Waals surface area contributed by atoms with Crippen molar-refractivity contribution in [2.75, 3.05) is 13.4 Å². The summed E-state index contributed by atoms with van der Waals surface area (Å²) in [5.41, 5.74) is 5.94. The highest BCUT2D eigenvalue weighted by Gasteiger charge is 2.34. The van der Waals surface area contributed by atoms with Crippen molar-refractivity contribution in [1.82, 2.24) is 10.2 Å². The van der Waals surface area contributed by atoms with Crippen molar-refractivity contribution in [3.05, 3.63) is 88.5 Å². The van der Waals surface area contributed by atoms with Gasteiger partial charge in [0.25, 0.3) is 0 Å². The van der Waals surface area contributed by atoms with E-state index in [2.05, 4.69) is 48.3 Å². The lowest BCUT2D eigenvalue weighted by atomic mass is 9.93. The van der Waals surface area contributed by atoms with Crippen LogP contribution in [0, 0.1) is 0 Å². The van der Waals surface area contributed by atoms with Crippen LogP contribution in [0.5, 0.6) is 11.5 Å². The first kappa shape index (κ1) is 29.0. The zero-order valence-corrected chi connectivity index (χ0v) is 23.6. The van der Waals surface area contributed by atoms with E-state index in [4.69, 9.17) is 4.74 Å². The number of hydrogen-bond acceptors (Lipinski definition) is 6. The van der Waals surface area contributed by atoms with Gasteiger partial charge in [0.1, 0.15) is 0 Å². The molecule has 2 aliphatic rings. The minimum absolute atomic E-state index is 0. The minimum Gasteiger partial charge on any atom is -0.504 e. The minimum atomic E-state index is -3.23. The van der Waals surface area contributed by atoms with Gasteiger partial charge in [-0.2, -0.15) is 0 Å². The fraction of sp³-hybridized carbons (Fsp3) is 0.379. The van der Waals surface area contributed by atoms with Gasteiger partial charge in [-0.3, -0.25) is 4.90 Å². The Labute approximate surface area is 227 Å². The second kappa shape index (κ2) is 11.9. The standard InChI is InChI=1S/C21H27NO4S.C8H9N.ClH/c1-21(2,11-10-15-8-9-18(23)19(12-15)26-3)22-13-16-6-5-7-20(17(16)14-22)27(4,24)25;1-2-4-8-6-9-5-7(8)3-1;/h5-9,12,23H,10-11,13-14H2,1-4H3;1-4,9H,5-6H2;1H. The molecule has 0 unspecified atom stereocenters. The van der Waals surface area contributed by atoms with Gasteiger partial charge in [-0.25, -0.2) is 8.42 Å². The number of methoxy groups -OCH3 is 1. The SMILES string of the molecule is COc1cc(CCC(C)(C)N2Cc3cccc(S(C)(=O)=O)c3C2)ccc1O.Cl.c1ccc2c(c1)CNC2. The van der Waals surface area contributed by atoms with Crippen LogP contribution in [0.2, 0.25) is 0 Å². The molecular weight excluding hydrogens is 508 g/mol. The number of hydrogen-bond donors (Lipinski definition) is 2. The molecule has 0 radical (unpaired) electrons. The van der Waals surface area contributed by atoms with Crippen LogP contribution in [0.3, 0.4) is 0 Å². The Morgan fingerprint density at radius 1 is 0.973 bits per heavy atom. The highest BCUT2D eigenvalue weighted by molar-refractivity contribution is 7.90. The van der Waals surface area contributed by atoms with Crippen LogP contribution in [0.4, 0.5) is 0 Å². The van der Waals surface area contributed by atoms with E-state index in [1.807, 2.05) is 24.3 Å². The molecule has 0 aliphatic carbocycles. The molecule has 37 heavy (non-hydrogen) atoms. The molecule has 2 N–H and O–H groups in total. The van der Waals surface area contributed by atoms with Gasteiger partial charge in [0.05, 0.1) is 12.0 Å². The summed E-state index contributed by atoms with van der Waals surface area (Å²) in [6.45, 7) is 7.88. The molecule has 0 spiro atoms. The van der Waals surface area contributed by atoms with Crippen LogP contribution in [-0.4, -0.2) is 37.3 Å². The number of rotatable bonds is 6. The van der Waals surface area contributed by atoms with E-state index in [9.17, 15) is 13.5 Å². The molecule has 0 bridgehead atoms. The van der Waals surface area contributed by atoms with Crippen LogP contribution in [0.25, 0.3) is 0 Å².